The lowest BCUT2D eigenvalue weighted by Crippen LogP contribution is -2.15. The summed E-state index contributed by atoms with van der Waals surface area (Å²) in [5, 5.41) is 12.2. The molecular weight excluding hydrogens is 331 g/mol. The Balaban J connectivity index is 1.59. The quantitative estimate of drug-likeness (QED) is 0.842. The smallest absolute Gasteiger partial charge is 0.234 e. The predicted octanol–water partition coefficient (Wildman–Crippen LogP) is 3.65. The van der Waals surface area contributed by atoms with Gasteiger partial charge in [-0.2, -0.15) is 0 Å². The molecule has 1 aliphatic rings. The molecule has 1 aliphatic carbocycles. The van der Waals surface area contributed by atoms with Gasteiger partial charge in [-0.3, -0.25) is 4.79 Å². The van der Waals surface area contributed by atoms with E-state index in [2.05, 4.69) is 15.5 Å². The van der Waals surface area contributed by atoms with E-state index in [1.165, 1.54) is 11.8 Å². The first-order valence-electron chi connectivity index (χ1n) is 6.41. The van der Waals surface area contributed by atoms with E-state index >= 15 is 0 Å². The molecule has 2 aromatic rings. The van der Waals surface area contributed by atoms with Crippen LogP contribution in [0.1, 0.15) is 18.9 Å². The van der Waals surface area contributed by atoms with Crippen LogP contribution >= 0.6 is 35.0 Å². The highest BCUT2D eigenvalue weighted by molar-refractivity contribution is 7.99. The molecule has 1 heterocycles. The van der Waals surface area contributed by atoms with Gasteiger partial charge in [0, 0.05) is 6.04 Å². The van der Waals surface area contributed by atoms with Crippen molar-refractivity contribution in [1.82, 2.24) is 14.8 Å². The second-order valence-electron chi connectivity index (χ2n) is 4.69. The lowest BCUT2D eigenvalue weighted by Gasteiger charge is -2.08. The molecule has 1 amide bonds. The van der Waals surface area contributed by atoms with Crippen molar-refractivity contribution in [2.45, 2.75) is 24.0 Å². The average Bonchev–Trinajstić information content (AvgIpc) is 3.20. The molecule has 8 heteroatoms. The summed E-state index contributed by atoms with van der Waals surface area (Å²) < 4.78 is 2.02. The van der Waals surface area contributed by atoms with E-state index in [0.717, 1.165) is 18.0 Å². The van der Waals surface area contributed by atoms with Gasteiger partial charge < -0.3 is 9.88 Å². The molecule has 110 valence electrons. The lowest BCUT2D eigenvalue weighted by atomic mass is 10.3. The number of carbonyl (C=O) groups excluding carboxylic acids is 1. The van der Waals surface area contributed by atoms with Crippen LogP contribution in [0.5, 0.6) is 0 Å². The third-order valence-electron chi connectivity index (χ3n) is 3.04. The number of hydrogen-bond acceptors (Lipinski definition) is 4. The number of rotatable bonds is 5. The number of benzene rings is 1. The van der Waals surface area contributed by atoms with Crippen LogP contribution in [0.15, 0.2) is 29.7 Å². The zero-order valence-electron chi connectivity index (χ0n) is 10.9. The zero-order valence-corrected chi connectivity index (χ0v) is 13.3. The van der Waals surface area contributed by atoms with E-state index in [1.807, 2.05) is 4.57 Å². The lowest BCUT2D eigenvalue weighted by molar-refractivity contribution is -0.113. The molecule has 3 rings (SSSR count). The fraction of sp³-hybridized carbons (Fsp3) is 0.308. The Hall–Kier alpha value is -1.24. The van der Waals surface area contributed by atoms with Crippen LogP contribution in [-0.2, 0) is 4.79 Å². The molecule has 1 aromatic heterocycles. The minimum Gasteiger partial charge on any atom is -0.324 e. The normalized spacial score (nSPS) is 14.2. The maximum absolute atomic E-state index is 12.0. The van der Waals surface area contributed by atoms with Gasteiger partial charge in [0.2, 0.25) is 5.91 Å². The Bertz CT molecular complexity index is 672. The summed E-state index contributed by atoms with van der Waals surface area (Å²) in [6.45, 7) is 0. The van der Waals surface area contributed by atoms with Gasteiger partial charge in [0.15, 0.2) is 5.16 Å². The van der Waals surface area contributed by atoms with Crippen molar-refractivity contribution in [3.05, 3.63) is 34.6 Å². The predicted molar refractivity (Wildman–Crippen MR) is 84.1 cm³/mol. The highest BCUT2D eigenvalue weighted by Gasteiger charge is 2.26. The van der Waals surface area contributed by atoms with Gasteiger partial charge in [0.25, 0.3) is 0 Å². The molecule has 1 N–H and O–H groups in total. The van der Waals surface area contributed by atoms with Gasteiger partial charge in [-0.25, -0.2) is 0 Å². The summed E-state index contributed by atoms with van der Waals surface area (Å²) >= 11 is 13.3. The number of carbonyl (C=O) groups is 1. The summed E-state index contributed by atoms with van der Waals surface area (Å²) in [7, 11) is 0. The standard InChI is InChI=1S/C13H12Cl2N4OS/c14-9-2-1-3-10(12(9)15)17-11(20)6-21-13-18-16-7-19(13)8-4-5-8/h1-3,7-8H,4-6H2,(H,17,20). The van der Waals surface area contributed by atoms with Crippen molar-refractivity contribution in [1.29, 1.82) is 0 Å². The number of aromatic nitrogens is 3. The molecule has 1 fully saturated rings. The van der Waals surface area contributed by atoms with Gasteiger partial charge in [0.1, 0.15) is 6.33 Å². The molecule has 0 spiro atoms. The van der Waals surface area contributed by atoms with E-state index in [-0.39, 0.29) is 11.7 Å². The Morgan fingerprint density at radius 2 is 2.24 bits per heavy atom. The second-order valence-corrected chi connectivity index (χ2v) is 6.42. The van der Waals surface area contributed by atoms with Crippen LogP contribution in [-0.4, -0.2) is 26.4 Å². The largest absolute Gasteiger partial charge is 0.324 e. The van der Waals surface area contributed by atoms with Gasteiger partial charge in [-0.15, -0.1) is 10.2 Å². The van der Waals surface area contributed by atoms with Crippen LogP contribution in [0.25, 0.3) is 0 Å². The average molecular weight is 343 g/mol. The summed E-state index contributed by atoms with van der Waals surface area (Å²) in [5.41, 5.74) is 0.512. The number of nitrogens with one attached hydrogen (secondary N) is 1. The highest BCUT2D eigenvalue weighted by atomic mass is 35.5. The Kier molecular flexibility index (Phi) is 4.37. The van der Waals surface area contributed by atoms with Crippen molar-refractivity contribution in [2.24, 2.45) is 0 Å². The van der Waals surface area contributed by atoms with Crippen molar-refractivity contribution in [3.8, 4) is 0 Å². The van der Waals surface area contributed by atoms with Crippen LogP contribution in [0.2, 0.25) is 10.0 Å². The van der Waals surface area contributed by atoms with Gasteiger partial charge >= 0.3 is 0 Å². The number of hydrogen-bond donors (Lipinski definition) is 1. The van der Waals surface area contributed by atoms with E-state index in [0.29, 0.717) is 21.8 Å². The summed E-state index contributed by atoms with van der Waals surface area (Å²) in [6, 6.07) is 5.62. The maximum Gasteiger partial charge on any atom is 0.234 e. The van der Waals surface area contributed by atoms with Gasteiger partial charge in [-0.05, 0) is 25.0 Å². The second kappa shape index (κ2) is 6.25. The maximum atomic E-state index is 12.0. The summed E-state index contributed by atoms with van der Waals surface area (Å²) in [6.07, 6.45) is 4.01. The molecule has 0 aliphatic heterocycles. The molecule has 0 saturated heterocycles. The van der Waals surface area contributed by atoms with Crippen molar-refractivity contribution < 1.29 is 4.79 Å². The zero-order chi connectivity index (χ0) is 14.8. The molecular formula is C13H12Cl2N4OS. The number of nitrogens with zero attached hydrogens (tertiary/aromatic N) is 3. The fourth-order valence-electron chi connectivity index (χ4n) is 1.86. The van der Waals surface area contributed by atoms with Crippen LogP contribution in [0.4, 0.5) is 5.69 Å². The first-order chi connectivity index (χ1) is 10.1. The van der Waals surface area contributed by atoms with Crippen LogP contribution in [0, 0.1) is 0 Å². The Morgan fingerprint density at radius 3 is 3.00 bits per heavy atom. The molecule has 1 saturated carbocycles. The molecule has 5 nitrogen and oxygen atoms in total. The minimum absolute atomic E-state index is 0.158. The molecule has 21 heavy (non-hydrogen) atoms. The number of anilines is 1. The van der Waals surface area contributed by atoms with Crippen molar-refractivity contribution in [2.75, 3.05) is 11.1 Å². The number of amides is 1. The van der Waals surface area contributed by atoms with E-state index in [9.17, 15) is 4.79 Å². The molecule has 0 radical (unpaired) electrons. The molecule has 0 unspecified atom stereocenters. The van der Waals surface area contributed by atoms with Gasteiger partial charge in [0.05, 0.1) is 21.5 Å². The first-order valence-corrected chi connectivity index (χ1v) is 8.15. The minimum atomic E-state index is -0.158. The third kappa shape index (κ3) is 3.51. The Labute approximate surface area is 136 Å². The fourth-order valence-corrected chi connectivity index (χ4v) is 2.99. The van der Waals surface area contributed by atoms with E-state index < -0.39 is 0 Å². The Morgan fingerprint density at radius 1 is 1.43 bits per heavy atom. The third-order valence-corrected chi connectivity index (χ3v) is 4.81. The molecule has 0 atom stereocenters. The SMILES string of the molecule is O=C(CSc1nncn1C1CC1)Nc1cccc(Cl)c1Cl. The van der Waals surface area contributed by atoms with E-state index in [4.69, 9.17) is 23.2 Å². The summed E-state index contributed by atoms with van der Waals surface area (Å²) in [5.74, 6) is 0.0864. The van der Waals surface area contributed by atoms with E-state index in [1.54, 1.807) is 24.5 Å². The van der Waals surface area contributed by atoms with Gasteiger partial charge in [-0.1, -0.05) is 41.0 Å². The number of thioether (sulfide) groups is 1. The first kappa shape index (κ1) is 14.7. The summed E-state index contributed by atoms with van der Waals surface area (Å²) in [4.78, 5) is 12.0. The van der Waals surface area contributed by atoms with Crippen molar-refractivity contribution >= 4 is 46.6 Å². The monoisotopic (exact) mass is 342 g/mol. The van der Waals surface area contributed by atoms with Crippen LogP contribution in [0.3, 0.4) is 0 Å². The number of halogens is 2. The van der Waals surface area contributed by atoms with Crippen molar-refractivity contribution in [3.63, 3.8) is 0 Å². The topological polar surface area (TPSA) is 59.8 Å². The molecule has 0 bridgehead atoms. The molecule has 1 aromatic carbocycles. The van der Waals surface area contributed by atoms with Crippen LogP contribution < -0.4 is 5.32 Å². The highest BCUT2D eigenvalue weighted by Crippen LogP contribution is 2.37.